The molecule has 0 nitrogen and oxygen atoms in total. The van der Waals surface area contributed by atoms with Crippen molar-refractivity contribution in [3.63, 3.8) is 0 Å². The first kappa shape index (κ1) is 45.4. The van der Waals surface area contributed by atoms with E-state index in [1.807, 2.05) is 0 Å². The minimum atomic E-state index is -0.131. The smallest absolute Gasteiger partial charge is 0.0159 e. The minimum Gasteiger partial charge on any atom is -0.0622 e. The Hall–Kier alpha value is -9.62. The summed E-state index contributed by atoms with van der Waals surface area (Å²) in [7, 11) is 0. The lowest BCUT2D eigenvalue weighted by Gasteiger charge is -2.23. The quantitative estimate of drug-likeness (QED) is 0.156. The normalized spacial score (nSPS) is 13.9. The van der Waals surface area contributed by atoms with Gasteiger partial charge in [0.15, 0.2) is 0 Å². The first-order valence-electron chi connectivity index (χ1n) is 28.4. The Morgan fingerprint density at radius 3 is 0.900 bits per heavy atom. The van der Waals surface area contributed by atoms with Crippen molar-refractivity contribution in [3.8, 4) is 134 Å². The molecule has 0 heterocycles. The summed E-state index contributed by atoms with van der Waals surface area (Å²) < 4.78 is 0. The number of benzene rings is 13. The second-order valence-electron chi connectivity index (χ2n) is 23.7. The van der Waals surface area contributed by atoms with E-state index in [9.17, 15) is 0 Å². The largest absolute Gasteiger partial charge is 0.0622 e. The summed E-state index contributed by atoms with van der Waals surface area (Å²) in [4.78, 5) is 0. The Labute approximate surface area is 468 Å². The highest BCUT2D eigenvalue weighted by Gasteiger charge is 2.40. The molecule has 0 aliphatic heterocycles. The lowest BCUT2D eigenvalue weighted by Crippen LogP contribution is -2.15. The second-order valence-corrected chi connectivity index (χ2v) is 23.7. The first-order valence-corrected chi connectivity index (χ1v) is 28.4. The topological polar surface area (TPSA) is 0 Å². The van der Waals surface area contributed by atoms with E-state index in [1.54, 1.807) is 0 Å². The SMILES string of the molecule is CC1(C)c2ccccc2-c2ccc(-c3ccc(-c4ccc5c(c4)C(C)(C)c4ccccc4-5)c4c3-c3ccc5c6c(ccc-4c36)-c3c-5c(-c4ccccc4-c4ccccc4)c4ccccc4c3-c3ccccc3-c3ccccc3)cc21. The fourth-order valence-electron chi connectivity index (χ4n) is 15.4. The summed E-state index contributed by atoms with van der Waals surface area (Å²) in [5.74, 6) is 0. The fraction of sp³-hybridized carbons (Fsp3) is 0.0750. The molecule has 0 atom stereocenters. The van der Waals surface area contributed by atoms with Crippen LogP contribution in [0.1, 0.15) is 49.9 Å². The Bertz CT molecular complexity index is 4550. The molecule has 4 aliphatic carbocycles. The number of hydrogen-bond donors (Lipinski definition) is 0. The van der Waals surface area contributed by atoms with E-state index in [2.05, 4.69) is 282 Å². The van der Waals surface area contributed by atoms with Crippen LogP contribution in [0, 0.1) is 0 Å². The van der Waals surface area contributed by atoms with Gasteiger partial charge in [0.1, 0.15) is 0 Å². The van der Waals surface area contributed by atoms with E-state index < -0.39 is 0 Å². The van der Waals surface area contributed by atoms with Crippen molar-refractivity contribution in [2.45, 2.75) is 38.5 Å². The number of fused-ring (bicyclic) bond motifs is 13. The van der Waals surface area contributed by atoms with Crippen LogP contribution in [-0.2, 0) is 10.8 Å². The van der Waals surface area contributed by atoms with Crippen LogP contribution in [0.3, 0.4) is 0 Å². The predicted octanol–water partition coefficient (Wildman–Crippen LogP) is 21.9. The first-order chi connectivity index (χ1) is 39.3. The Morgan fingerprint density at radius 2 is 0.487 bits per heavy atom. The molecule has 80 heavy (non-hydrogen) atoms. The van der Waals surface area contributed by atoms with Gasteiger partial charge in [-0.05, 0) is 189 Å². The van der Waals surface area contributed by atoms with Crippen molar-refractivity contribution in [1.29, 1.82) is 0 Å². The zero-order chi connectivity index (χ0) is 53.2. The van der Waals surface area contributed by atoms with Gasteiger partial charge in [0.2, 0.25) is 0 Å². The van der Waals surface area contributed by atoms with E-state index >= 15 is 0 Å². The summed E-state index contributed by atoms with van der Waals surface area (Å²) in [6.45, 7) is 9.60. The molecule has 0 radical (unpaired) electrons. The maximum atomic E-state index is 2.52. The van der Waals surface area contributed by atoms with Crippen molar-refractivity contribution in [2.75, 3.05) is 0 Å². The average Bonchev–Trinajstić information content (AvgIpc) is 3.06. The summed E-state index contributed by atoms with van der Waals surface area (Å²) in [5, 5.41) is 5.19. The van der Waals surface area contributed by atoms with Crippen LogP contribution in [0.4, 0.5) is 0 Å². The molecule has 0 amide bonds. The van der Waals surface area contributed by atoms with Crippen LogP contribution in [0.15, 0.2) is 255 Å². The molecule has 4 aliphatic rings. The van der Waals surface area contributed by atoms with Gasteiger partial charge < -0.3 is 0 Å². The summed E-state index contributed by atoms with van der Waals surface area (Å²) in [5.41, 5.74) is 36.1. The molecular weight excluding hydrogens is 961 g/mol. The third kappa shape index (κ3) is 6.06. The van der Waals surface area contributed by atoms with Crippen molar-refractivity contribution < 1.29 is 0 Å². The molecule has 13 aromatic rings. The molecular formula is C80H54. The Kier molecular flexibility index (Phi) is 9.34. The minimum absolute atomic E-state index is 0.131. The highest BCUT2D eigenvalue weighted by atomic mass is 14.4. The molecule has 0 bridgehead atoms. The van der Waals surface area contributed by atoms with E-state index in [-0.39, 0.29) is 10.8 Å². The third-order valence-electron chi connectivity index (χ3n) is 19.0. The standard InChI is InChI=1S/C80H54/c1-79(2)67-33-19-17-27-55(67)57-37-35-49(45-69(57)79)53-39-40-54(50-36-38-58-56-28-18-20-34-68(56)80(3,4)70(58)46-50)72-64-42-44-66-76-65(43-41-63(71(53)72)75(64)76)77-73(59-29-13-11-25-51(59)47-21-7-5-8-22-47)61-31-15-16-32-62(61)74(78(66)77)60-30-14-12-26-52(60)48-23-9-6-10-24-48/h5-46H,1-4H3. The highest BCUT2D eigenvalue weighted by Crippen LogP contribution is 2.65. The van der Waals surface area contributed by atoms with Gasteiger partial charge in [-0.2, -0.15) is 0 Å². The van der Waals surface area contributed by atoms with Crippen molar-refractivity contribution in [2.24, 2.45) is 0 Å². The van der Waals surface area contributed by atoms with Gasteiger partial charge >= 0.3 is 0 Å². The van der Waals surface area contributed by atoms with Crippen molar-refractivity contribution >= 4 is 21.5 Å². The number of rotatable bonds is 6. The molecule has 17 rings (SSSR count). The lowest BCUT2D eigenvalue weighted by atomic mass is 9.79. The Balaban J connectivity index is 0.974. The molecule has 374 valence electrons. The zero-order valence-electron chi connectivity index (χ0n) is 45.2. The molecule has 0 heteroatoms. The molecule has 0 fully saturated rings. The maximum Gasteiger partial charge on any atom is 0.0159 e. The molecule has 0 aromatic heterocycles. The van der Waals surface area contributed by atoms with Gasteiger partial charge in [0.05, 0.1) is 0 Å². The van der Waals surface area contributed by atoms with Gasteiger partial charge in [0.25, 0.3) is 0 Å². The second kappa shape index (κ2) is 16.5. The molecule has 0 N–H and O–H groups in total. The van der Waals surface area contributed by atoms with Crippen LogP contribution in [0.2, 0.25) is 0 Å². The van der Waals surface area contributed by atoms with Crippen LogP contribution >= 0.6 is 0 Å². The fourth-order valence-corrected chi connectivity index (χ4v) is 15.4. The Morgan fingerprint density at radius 1 is 0.188 bits per heavy atom. The summed E-state index contributed by atoms with van der Waals surface area (Å²) in [6, 6.07) is 96.9. The van der Waals surface area contributed by atoms with E-state index in [0.717, 1.165) is 0 Å². The van der Waals surface area contributed by atoms with Crippen LogP contribution in [0.25, 0.3) is 155 Å². The van der Waals surface area contributed by atoms with Gasteiger partial charge in [-0.1, -0.05) is 270 Å². The highest BCUT2D eigenvalue weighted by molar-refractivity contribution is 6.34. The van der Waals surface area contributed by atoms with E-state index in [1.165, 1.54) is 177 Å². The van der Waals surface area contributed by atoms with Gasteiger partial charge in [-0.25, -0.2) is 0 Å². The predicted molar refractivity (Wildman–Crippen MR) is 338 cm³/mol. The molecule has 0 spiro atoms. The van der Waals surface area contributed by atoms with E-state index in [0.29, 0.717) is 0 Å². The van der Waals surface area contributed by atoms with Crippen LogP contribution in [-0.4, -0.2) is 0 Å². The van der Waals surface area contributed by atoms with Crippen LogP contribution < -0.4 is 0 Å². The lowest BCUT2D eigenvalue weighted by molar-refractivity contribution is 0.660. The molecule has 0 saturated carbocycles. The summed E-state index contributed by atoms with van der Waals surface area (Å²) in [6.07, 6.45) is 0. The van der Waals surface area contributed by atoms with Gasteiger partial charge in [-0.3, -0.25) is 0 Å². The summed E-state index contributed by atoms with van der Waals surface area (Å²) >= 11 is 0. The van der Waals surface area contributed by atoms with Crippen molar-refractivity contribution in [3.05, 3.63) is 277 Å². The van der Waals surface area contributed by atoms with Gasteiger partial charge in [-0.15, -0.1) is 0 Å². The zero-order valence-corrected chi connectivity index (χ0v) is 45.2. The molecule has 0 saturated heterocycles. The maximum absolute atomic E-state index is 2.52. The molecule has 13 aromatic carbocycles. The number of hydrogen-bond acceptors (Lipinski definition) is 0. The third-order valence-corrected chi connectivity index (χ3v) is 19.0. The van der Waals surface area contributed by atoms with Crippen LogP contribution in [0.5, 0.6) is 0 Å². The average molecular weight is 1020 g/mol. The monoisotopic (exact) mass is 1010 g/mol. The van der Waals surface area contributed by atoms with Gasteiger partial charge in [0, 0.05) is 10.8 Å². The van der Waals surface area contributed by atoms with Crippen molar-refractivity contribution in [1.82, 2.24) is 0 Å². The van der Waals surface area contributed by atoms with E-state index in [4.69, 9.17) is 0 Å². The molecule has 0 unspecified atom stereocenters.